The van der Waals surface area contributed by atoms with Gasteiger partial charge in [-0.25, -0.2) is 8.42 Å². The quantitative estimate of drug-likeness (QED) is 0.645. The largest absolute Gasteiger partial charge is 0.341 e. The maximum Gasteiger partial charge on any atom is 0.252 e. The molecule has 3 aromatic carbocycles. The number of nitrogens with zero attached hydrogens (tertiary/aromatic N) is 1. The first-order chi connectivity index (χ1) is 15.0. The normalized spacial score (nSPS) is 16.5. The molecule has 0 radical (unpaired) electrons. The standard InChI is InChI=1S/C25H26N2O3S/c1-19-10-5-6-15-23(19)24(20-11-3-2-4-12-20)26-25(28)21-13-9-14-22(18-21)27-16-7-8-17-31(27,29)30/h2-6,9-15,18,24H,7-8,16-17H2,1H3,(H,26,28)/t24-/m1/s1. The smallest absolute Gasteiger partial charge is 0.252 e. The fourth-order valence-electron chi connectivity index (χ4n) is 3.99. The van der Waals surface area contributed by atoms with Crippen LogP contribution in [0.5, 0.6) is 0 Å². The molecule has 1 atom stereocenters. The van der Waals surface area contributed by atoms with Crippen LogP contribution in [0.1, 0.15) is 45.9 Å². The number of benzene rings is 3. The van der Waals surface area contributed by atoms with Crippen molar-refractivity contribution in [1.82, 2.24) is 5.32 Å². The van der Waals surface area contributed by atoms with Crippen LogP contribution >= 0.6 is 0 Å². The summed E-state index contributed by atoms with van der Waals surface area (Å²) in [5.74, 6) is -0.0966. The average molecular weight is 435 g/mol. The molecule has 0 saturated carbocycles. The molecule has 1 aliphatic rings. The summed E-state index contributed by atoms with van der Waals surface area (Å²) in [5.41, 5.74) is 4.08. The summed E-state index contributed by atoms with van der Waals surface area (Å²) in [5, 5.41) is 3.15. The van der Waals surface area contributed by atoms with Crippen LogP contribution in [0.2, 0.25) is 0 Å². The number of hydrogen-bond acceptors (Lipinski definition) is 3. The van der Waals surface area contributed by atoms with E-state index in [0.29, 0.717) is 24.2 Å². The van der Waals surface area contributed by atoms with Crippen LogP contribution in [0.4, 0.5) is 5.69 Å². The van der Waals surface area contributed by atoms with Crippen LogP contribution in [0.3, 0.4) is 0 Å². The van der Waals surface area contributed by atoms with Gasteiger partial charge in [0.1, 0.15) is 0 Å². The Bertz CT molecular complexity index is 1180. The van der Waals surface area contributed by atoms with E-state index in [1.165, 1.54) is 4.31 Å². The Kier molecular flexibility index (Phi) is 6.09. The van der Waals surface area contributed by atoms with Crippen LogP contribution in [0.15, 0.2) is 78.9 Å². The Balaban J connectivity index is 1.65. The highest BCUT2D eigenvalue weighted by molar-refractivity contribution is 7.92. The van der Waals surface area contributed by atoms with Gasteiger partial charge in [-0.1, -0.05) is 60.7 Å². The lowest BCUT2D eigenvalue weighted by molar-refractivity contribution is 0.0943. The second-order valence-electron chi connectivity index (χ2n) is 7.82. The maximum absolute atomic E-state index is 13.2. The molecule has 1 fully saturated rings. The molecule has 0 aromatic heterocycles. The number of anilines is 1. The van der Waals surface area contributed by atoms with E-state index >= 15 is 0 Å². The monoisotopic (exact) mass is 434 g/mol. The minimum Gasteiger partial charge on any atom is -0.341 e. The molecule has 31 heavy (non-hydrogen) atoms. The molecule has 0 aliphatic carbocycles. The minimum absolute atomic E-state index is 0.146. The van der Waals surface area contributed by atoms with Gasteiger partial charge in [0, 0.05) is 12.1 Å². The number of amides is 1. The van der Waals surface area contributed by atoms with E-state index < -0.39 is 10.0 Å². The van der Waals surface area contributed by atoms with Crippen LogP contribution in [-0.2, 0) is 10.0 Å². The average Bonchev–Trinajstić information content (AvgIpc) is 2.78. The first kappa shape index (κ1) is 21.1. The first-order valence-corrected chi connectivity index (χ1v) is 12.1. The van der Waals surface area contributed by atoms with Gasteiger partial charge < -0.3 is 5.32 Å². The zero-order chi connectivity index (χ0) is 21.8. The first-order valence-electron chi connectivity index (χ1n) is 10.5. The van der Waals surface area contributed by atoms with Crippen molar-refractivity contribution in [2.24, 2.45) is 0 Å². The third-order valence-electron chi connectivity index (χ3n) is 5.65. The summed E-state index contributed by atoms with van der Waals surface area (Å²) in [6.45, 7) is 2.47. The van der Waals surface area contributed by atoms with Gasteiger partial charge in [-0.2, -0.15) is 0 Å². The number of aryl methyl sites for hydroxylation is 1. The predicted molar refractivity (Wildman–Crippen MR) is 124 cm³/mol. The van der Waals surface area contributed by atoms with E-state index in [1.54, 1.807) is 24.3 Å². The van der Waals surface area contributed by atoms with Gasteiger partial charge in [0.25, 0.3) is 5.91 Å². The van der Waals surface area contributed by atoms with Gasteiger partial charge in [-0.15, -0.1) is 0 Å². The van der Waals surface area contributed by atoms with Crippen molar-refractivity contribution in [2.45, 2.75) is 25.8 Å². The van der Waals surface area contributed by atoms with Crippen molar-refractivity contribution < 1.29 is 13.2 Å². The highest BCUT2D eigenvalue weighted by Gasteiger charge is 2.27. The fourth-order valence-corrected chi connectivity index (χ4v) is 5.62. The van der Waals surface area contributed by atoms with Crippen molar-refractivity contribution >= 4 is 21.6 Å². The highest BCUT2D eigenvalue weighted by atomic mass is 32.2. The molecule has 1 amide bonds. The lowest BCUT2D eigenvalue weighted by atomic mass is 9.94. The second kappa shape index (κ2) is 8.94. The summed E-state index contributed by atoms with van der Waals surface area (Å²) >= 11 is 0. The van der Waals surface area contributed by atoms with Gasteiger partial charge >= 0.3 is 0 Å². The Morgan fingerprint density at radius 2 is 1.68 bits per heavy atom. The molecule has 5 nitrogen and oxygen atoms in total. The van der Waals surface area contributed by atoms with E-state index in [9.17, 15) is 13.2 Å². The van der Waals surface area contributed by atoms with E-state index in [2.05, 4.69) is 5.32 Å². The minimum atomic E-state index is -3.33. The summed E-state index contributed by atoms with van der Waals surface area (Å²) < 4.78 is 26.4. The van der Waals surface area contributed by atoms with Crippen LogP contribution in [-0.4, -0.2) is 26.6 Å². The molecule has 3 aromatic rings. The third-order valence-corrected chi connectivity index (χ3v) is 7.52. The van der Waals surface area contributed by atoms with Gasteiger partial charge in [0.2, 0.25) is 10.0 Å². The van der Waals surface area contributed by atoms with Gasteiger partial charge in [0.05, 0.1) is 17.5 Å². The Morgan fingerprint density at radius 1 is 0.935 bits per heavy atom. The second-order valence-corrected chi connectivity index (χ2v) is 9.83. The predicted octanol–water partition coefficient (Wildman–Crippen LogP) is 4.44. The summed E-state index contributed by atoms with van der Waals surface area (Å²) in [6.07, 6.45) is 1.49. The van der Waals surface area contributed by atoms with Crippen LogP contribution < -0.4 is 9.62 Å². The Hall–Kier alpha value is -3.12. The molecule has 1 saturated heterocycles. The van der Waals surface area contributed by atoms with Crippen LogP contribution in [0, 0.1) is 6.92 Å². The van der Waals surface area contributed by atoms with E-state index in [4.69, 9.17) is 0 Å². The number of rotatable bonds is 5. The molecule has 0 bridgehead atoms. The molecule has 6 heteroatoms. The lowest BCUT2D eigenvalue weighted by Crippen LogP contribution is -2.38. The number of carbonyl (C=O) groups is 1. The molecule has 160 valence electrons. The van der Waals surface area contributed by atoms with Crippen molar-refractivity contribution in [3.8, 4) is 0 Å². The molecular formula is C25H26N2O3S. The molecule has 0 spiro atoms. The molecular weight excluding hydrogens is 408 g/mol. The maximum atomic E-state index is 13.2. The zero-order valence-electron chi connectivity index (χ0n) is 17.5. The number of carbonyl (C=O) groups excluding carboxylic acids is 1. The molecule has 1 aliphatic heterocycles. The van der Waals surface area contributed by atoms with Crippen molar-refractivity contribution in [1.29, 1.82) is 0 Å². The van der Waals surface area contributed by atoms with Crippen molar-refractivity contribution in [2.75, 3.05) is 16.6 Å². The van der Waals surface area contributed by atoms with Crippen molar-refractivity contribution in [3.05, 3.63) is 101 Å². The molecule has 4 rings (SSSR count). The van der Waals surface area contributed by atoms with Gasteiger partial charge in [-0.05, 0) is 54.7 Å². The van der Waals surface area contributed by atoms with Crippen LogP contribution in [0.25, 0.3) is 0 Å². The fraction of sp³-hybridized carbons (Fsp3) is 0.240. The molecule has 1 heterocycles. The summed E-state index contributed by atoms with van der Waals surface area (Å²) in [4.78, 5) is 13.2. The lowest BCUT2D eigenvalue weighted by Gasteiger charge is -2.28. The SMILES string of the molecule is Cc1ccccc1[C@H](NC(=O)c1cccc(N2CCCCS2(=O)=O)c1)c1ccccc1. The van der Waals surface area contributed by atoms with E-state index in [0.717, 1.165) is 23.1 Å². The number of nitrogens with one attached hydrogen (secondary N) is 1. The van der Waals surface area contributed by atoms with Gasteiger partial charge in [-0.3, -0.25) is 9.10 Å². The van der Waals surface area contributed by atoms with E-state index in [1.807, 2.05) is 61.5 Å². The van der Waals surface area contributed by atoms with Gasteiger partial charge in [0.15, 0.2) is 0 Å². The summed E-state index contributed by atoms with van der Waals surface area (Å²) in [7, 11) is -3.33. The topological polar surface area (TPSA) is 66.5 Å². The Labute approximate surface area is 183 Å². The summed E-state index contributed by atoms with van der Waals surface area (Å²) in [6, 6.07) is 24.4. The zero-order valence-corrected chi connectivity index (χ0v) is 18.3. The number of sulfonamides is 1. The molecule has 1 N–H and O–H groups in total. The Morgan fingerprint density at radius 3 is 2.42 bits per heavy atom. The highest BCUT2D eigenvalue weighted by Crippen LogP contribution is 2.27. The third kappa shape index (κ3) is 4.64. The van der Waals surface area contributed by atoms with Crippen molar-refractivity contribution in [3.63, 3.8) is 0 Å². The van der Waals surface area contributed by atoms with E-state index in [-0.39, 0.29) is 17.7 Å². The molecule has 0 unspecified atom stereocenters. The number of hydrogen-bond donors (Lipinski definition) is 1.